The molecule has 0 fully saturated rings. The van der Waals surface area contributed by atoms with Gasteiger partial charge in [-0.3, -0.25) is 0 Å². The maximum absolute atomic E-state index is 11.4. The van der Waals surface area contributed by atoms with E-state index < -0.39 is 5.97 Å². The molecule has 0 unspecified atom stereocenters. The Kier molecular flexibility index (Phi) is 3.47. The second kappa shape index (κ2) is 4.42. The van der Waals surface area contributed by atoms with Gasteiger partial charge < -0.3 is 4.74 Å². The lowest BCUT2D eigenvalue weighted by atomic mass is 10.3. The third kappa shape index (κ3) is 3.00. The molecule has 14 heavy (non-hydrogen) atoms. The molecule has 0 saturated carbocycles. The number of carbonyl (C=O) groups excluding carboxylic acids is 1. The zero-order valence-corrected chi connectivity index (χ0v) is 9.13. The van der Waals surface area contributed by atoms with Crippen LogP contribution in [0.2, 0.25) is 5.02 Å². The van der Waals surface area contributed by atoms with Gasteiger partial charge in [-0.15, -0.1) is 0 Å². The highest BCUT2D eigenvalue weighted by Gasteiger charge is 2.11. The molecule has 76 valence electrons. The Balaban J connectivity index is 2.90. The van der Waals surface area contributed by atoms with Crippen LogP contribution in [0, 0.1) is 6.92 Å². The fraction of sp³-hybridized carbons (Fsp3) is 0.400. The molecule has 0 aliphatic carbocycles. The second-order valence-electron chi connectivity index (χ2n) is 3.27. The van der Waals surface area contributed by atoms with Gasteiger partial charge in [0.2, 0.25) is 0 Å². The first-order chi connectivity index (χ1) is 6.49. The van der Waals surface area contributed by atoms with E-state index in [-0.39, 0.29) is 11.8 Å². The summed E-state index contributed by atoms with van der Waals surface area (Å²) in [6.07, 6.45) is -0.149. The van der Waals surface area contributed by atoms with Crippen LogP contribution in [0.1, 0.15) is 30.0 Å². The maximum atomic E-state index is 11.4. The van der Waals surface area contributed by atoms with E-state index in [1.165, 1.54) is 6.07 Å². The topological polar surface area (TPSA) is 39.2 Å². The summed E-state index contributed by atoms with van der Waals surface area (Å²) in [4.78, 5) is 15.4. The zero-order chi connectivity index (χ0) is 10.7. The van der Waals surface area contributed by atoms with Crippen molar-refractivity contribution in [3.05, 3.63) is 28.5 Å². The normalized spacial score (nSPS) is 10.4. The molecule has 0 atom stereocenters. The van der Waals surface area contributed by atoms with Crippen LogP contribution in [-0.2, 0) is 4.74 Å². The van der Waals surface area contributed by atoms with Gasteiger partial charge in [0.1, 0.15) is 5.69 Å². The van der Waals surface area contributed by atoms with Crippen molar-refractivity contribution in [3.63, 3.8) is 0 Å². The van der Waals surface area contributed by atoms with Crippen LogP contribution in [0.4, 0.5) is 0 Å². The van der Waals surface area contributed by atoms with Gasteiger partial charge in [-0.2, -0.15) is 0 Å². The molecule has 0 aromatic carbocycles. The summed E-state index contributed by atoms with van der Waals surface area (Å²) in [5.41, 5.74) is 0.955. The van der Waals surface area contributed by atoms with E-state index in [2.05, 4.69) is 4.98 Å². The second-order valence-corrected chi connectivity index (χ2v) is 3.70. The molecule has 0 amide bonds. The Morgan fingerprint density at radius 1 is 1.50 bits per heavy atom. The number of rotatable bonds is 2. The van der Waals surface area contributed by atoms with Gasteiger partial charge in [0, 0.05) is 10.7 Å². The monoisotopic (exact) mass is 213 g/mol. The molecule has 0 aliphatic rings. The summed E-state index contributed by atoms with van der Waals surface area (Å²) >= 11 is 5.78. The number of esters is 1. The average Bonchev–Trinajstić information content (AvgIpc) is 2.00. The summed E-state index contributed by atoms with van der Waals surface area (Å²) in [5.74, 6) is -0.439. The van der Waals surface area contributed by atoms with E-state index in [1.54, 1.807) is 26.8 Å². The molecule has 1 aromatic rings. The number of nitrogens with zero attached hydrogens (tertiary/aromatic N) is 1. The molecule has 1 aromatic heterocycles. The van der Waals surface area contributed by atoms with E-state index in [4.69, 9.17) is 16.3 Å². The maximum Gasteiger partial charge on any atom is 0.357 e. The van der Waals surface area contributed by atoms with Gasteiger partial charge in [0.05, 0.1) is 6.10 Å². The third-order valence-corrected chi connectivity index (χ3v) is 1.69. The Morgan fingerprint density at radius 2 is 2.14 bits per heavy atom. The predicted octanol–water partition coefficient (Wildman–Crippen LogP) is 2.61. The molecule has 0 radical (unpaired) electrons. The van der Waals surface area contributed by atoms with Crippen LogP contribution < -0.4 is 0 Å². The minimum atomic E-state index is -0.439. The van der Waals surface area contributed by atoms with Gasteiger partial charge >= 0.3 is 5.97 Å². The molecule has 0 saturated heterocycles. The summed E-state index contributed by atoms with van der Waals surface area (Å²) in [6, 6.07) is 3.19. The van der Waals surface area contributed by atoms with Gasteiger partial charge in [-0.05, 0) is 32.9 Å². The molecule has 0 spiro atoms. The van der Waals surface area contributed by atoms with Crippen molar-refractivity contribution in [1.82, 2.24) is 4.98 Å². The molecule has 0 aliphatic heterocycles. The molecule has 4 heteroatoms. The lowest BCUT2D eigenvalue weighted by Gasteiger charge is -2.07. The van der Waals surface area contributed by atoms with E-state index in [1.807, 2.05) is 0 Å². The Labute approximate surface area is 88.1 Å². The van der Waals surface area contributed by atoms with Crippen LogP contribution in [0.25, 0.3) is 0 Å². The van der Waals surface area contributed by atoms with Crippen molar-refractivity contribution in [1.29, 1.82) is 0 Å². The van der Waals surface area contributed by atoms with E-state index in [0.29, 0.717) is 10.7 Å². The molecule has 1 rings (SSSR count). The lowest BCUT2D eigenvalue weighted by Crippen LogP contribution is -2.13. The van der Waals surface area contributed by atoms with E-state index >= 15 is 0 Å². The first-order valence-corrected chi connectivity index (χ1v) is 4.72. The van der Waals surface area contributed by atoms with Gasteiger partial charge in [0.15, 0.2) is 0 Å². The predicted molar refractivity (Wildman–Crippen MR) is 54.5 cm³/mol. The minimum absolute atomic E-state index is 0.149. The van der Waals surface area contributed by atoms with Gasteiger partial charge in [-0.25, -0.2) is 9.78 Å². The van der Waals surface area contributed by atoms with Crippen molar-refractivity contribution in [2.45, 2.75) is 26.9 Å². The van der Waals surface area contributed by atoms with Gasteiger partial charge in [-0.1, -0.05) is 11.6 Å². The quantitative estimate of drug-likeness (QED) is 0.709. The SMILES string of the molecule is Cc1cc(Cl)cc(C(=O)OC(C)C)n1. The van der Waals surface area contributed by atoms with Crippen LogP contribution in [0.3, 0.4) is 0 Å². The van der Waals surface area contributed by atoms with Crippen molar-refractivity contribution in [2.24, 2.45) is 0 Å². The first-order valence-electron chi connectivity index (χ1n) is 4.34. The Hall–Kier alpha value is -1.09. The lowest BCUT2D eigenvalue weighted by molar-refractivity contribution is 0.0370. The molecule has 3 nitrogen and oxygen atoms in total. The van der Waals surface area contributed by atoms with E-state index in [0.717, 1.165) is 0 Å². The standard InChI is InChI=1S/C10H12ClNO2/c1-6(2)14-10(13)9-5-8(11)4-7(3)12-9/h4-6H,1-3H3. The number of halogens is 1. The van der Waals surface area contributed by atoms with Crippen molar-refractivity contribution in [2.75, 3.05) is 0 Å². The van der Waals surface area contributed by atoms with Crippen molar-refractivity contribution in [3.8, 4) is 0 Å². The molecular formula is C10H12ClNO2. The number of pyridine rings is 1. The number of hydrogen-bond donors (Lipinski definition) is 0. The highest BCUT2D eigenvalue weighted by atomic mass is 35.5. The Bertz CT molecular complexity index is 330. The number of aromatic nitrogens is 1. The van der Waals surface area contributed by atoms with Crippen LogP contribution in [0.15, 0.2) is 12.1 Å². The summed E-state index contributed by atoms with van der Waals surface area (Å²) in [6.45, 7) is 5.35. The minimum Gasteiger partial charge on any atom is -0.458 e. The average molecular weight is 214 g/mol. The van der Waals surface area contributed by atoms with Gasteiger partial charge in [0.25, 0.3) is 0 Å². The number of hydrogen-bond acceptors (Lipinski definition) is 3. The van der Waals surface area contributed by atoms with Crippen molar-refractivity contribution < 1.29 is 9.53 Å². The van der Waals surface area contributed by atoms with Crippen LogP contribution >= 0.6 is 11.6 Å². The molecule has 0 bridgehead atoms. The summed E-state index contributed by atoms with van der Waals surface area (Å²) in [5, 5.41) is 0.494. The highest BCUT2D eigenvalue weighted by molar-refractivity contribution is 6.30. The molecule has 0 N–H and O–H groups in total. The fourth-order valence-corrected chi connectivity index (χ4v) is 1.27. The number of ether oxygens (including phenoxy) is 1. The number of carbonyl (C=O) groups is 1. The summed E-state index contributed by atoms with van der Waals surface area (Å²) < 4.78 is 4.99. The summed E-state index contributed by atoms with van der Waals surface area (Å²) in [7, 11) is 0. The molecule has 1 heterocycles. The first kappa shape index (κ1) is 11.0. The fourth-order valence-electron chi connectivity index (χ4n) is 1.01. The van der Waals surface area contributed by atoms with Crippen LogP contribution in [-0.4, -0.2) is 17.1 Å². The molecular weight excluding hydrogens is 202 g/mol. The Morgan fingerprint density at radius 3 is 2.64 bits per heavy atom. The van der Waals surface area contributed by atoms with E-state index in [9.17, 15) is 4.79 Å². The van der Waals surface area contributed by atoms with Crippen LogP contribution in [0.5, 0.6) is 0 Å². The smallest absolute Gasteiger partial charge is 0.357 e. The number of aryl methyl sites for hydroxylation is 1. The largest absolute Gasteiger partial charge is 0.458 e. The zero-order valence-electron chi connectivity index (χ0n) is 8.37. The highest BCUT2D eigenvalue weighted by Crippen LogP contribution is 2.12. The van der Waals surface area contributed by atoms with Crippen molar-refractivity contribution >= 4 is 17.6 Å². The third-order valence-electron chi connectivity index (χ3n) is 1.47.